The van der Waals surface area contributed by atoms with E-state index in [0.717, 1.165) is 5.56 Å². The molecule has 0 radical (unpaired) electrons. The summed E-state index contributed by atoms with van der Waals surface area (Å²) in [5.41, 5.74) is 0.278. The molecule has 6 heteroatoms. The fraction of sp³-hybridized carbons (Fsp3) is 0.562. The van der Waals surface area contributed by atoms with E-state index in [1.54, 1.807) is 20.8 Å². The van der Waals surface area contributed by atoms with Crippen molar-refractivity contribution in [2.24, 2.45) is 0 Å². The summed E-state index contributed by atoms with van der Waals surface area (Å²) >= 11 is 0. The highest BCUT2D eigenvalue weighted by atomic mass is 16.6. The molecular formula is C16H25NO5. The molecule has 1 rings (SSSR count). The van der Waals surface area contributed by atoms with Crippen LogP contribution in [0.5, 0.6) is 0 Å². The Morgan fingerprint density at radius 3 is 2.27 bits per heavy atom. The van der Waals surface area contributed by atoms with Crippen molar-refractivity contribution in [3.05, 3.63) is 35.9 Å². The molecule has 3 N–H and O–H groups in total. The Balaban J connectivity index is 2.53. The van der Waals surface area contributed by atoms with Gasteiger partial charge in [0.2, 0.25) is 0 Å². The highest BCUT2D eigenvalue weighted by Gasteiger charge is 2.31. The monoisotopic (exact) mass is 311 g/mol. The van der Waals surface area contributed by atoms with Gasteiger partial charge in [-0.05, 0) is 33.3 Å². The number of nitrogens with one attached hydrogen (secondary N) is 1. The van der Waals surface area contributed by atoms with E-state index in [-0.39, 0.29) is 13.2 Å². The molecule has 124 valence electrons. The molecule has 0 aliphatic carbocycles. The smallest absolute Gasteiger partial charge is 0.407 e. The molecule has 0 spiro atoms. The molecule has 0 aromatic heterocycles. The van der Waals surface area contributed by atoms with Gasteiger partial charge in [0.05, 0.1) is 13.2 Å². The third kappa shape index (κ3) is 7.40. The summed E-state index contributed by atoms with van der Waals surface area (Å²) in [6, 6.07) is 9.34. The topological polar surface area (TPSA) is 88.0 Å². The van der Waals surface area contributed by atoms with E-state index in [2.05, 4.69) is 5.32 Å². The van der Waals surface area contributed by atoms with Crippen molar-refractivity contribution in [2.75, 3.05) is 6.54 Å². The lowest BCUT2D eigenvalue weighted by Crippen LogP contribution is -2.49. The van der Waals surface area contributed by atoms with Crippen LogP contribution in [-0.4, -0.2) is 40.3 Å². The van der Waals surface area contributed by atoms with Gasteiger partial charge in [-0.25, -0.2) is 4.79 Å². The molecular weight excluding hydrogens is 286 g/mol. The fourth-order valence-electron chi connectivity index (χ4n) is 1.67. The minimum atomic E-state index is -2.08. The lowest BCUT2D eigenvalue weighted by atomic mass is 10.1. The van der Waals surface area contributed by atoms with Crippen LogP contribution in [0.1, 0.15) is 33.3 Å². The van der Waals surface area contributed by atoms with Crippen molar-refractivity contribution in [3.63, 3.8) is 0 Å². The Bertz CT molecular complexity index is 462. The zero-order valence-electron chi connectivity index (χ0n) is 13.5. The summed E-state index contributed by atoms with van der Waals surface area (Å²) in [5.74, 6) is -2.08. The van der Waals surface area contributed by atoms with E-state index in [9.17, 15) is 15.0 Å². The van der Waals surface area contributed by atoms with Crippen molar-refractivity contribution >= 4 is 6.09 Å². The standard InChI is InChI=1S/C16H25NO5/c1-15(2,3)22-14(18)17-10-13(16(4,19)20)21-11-12-8-6-5-7-9-12/h5-9,13,19-20H,10-11H2,1-4H3,(H,17,18). The van der Waals surface area contributed by atoms with Crippen LogP contribution in [0, 0.1) is 0 Å². The summed E-state index contributed by atoms with van der Waals surface area (Å²) in [4.78, 5) is 11.6. The number of carbonyl (C=O) groups excluding carboxylic acids is 1. The molecule has 1 amide bonds. The molecule has 0 fully saturated rings. The quantitative estimate of drug-likeness (QED) is 0.697. The van der Waals surface area contributed by atoms with E-state index >= 15 is 0 Å². The summed E-state index contributed by atoms with van der Waals surface area (Å²) in [7, 11) is 0. The number of hydrogen-bond acceptors (Lipinski definition) is 5. The Morgan fingerprint density at radius 1 is 1.18 bits per heavy atom. The minimum absolute atomic E-state index is 0.0781. The number of aliphatic hydroxyl groups is 2. The van der Waals surface area contributed by atoms with Gasteiger partial charge < -0.3 is 25.0 Å². The normalized spacial score (nSPS) is 13.5. The lowest BCUT2D eigenvalue weighted by Gasteiger charge is -2.28. The number of rotatable bonds is 6. The SMILES string of the molecule is CC(C)(C)OC(=O)NCC(OCc1ccccc1)C(C)(O)O. The number of ether oxygens (including phenoxy) is 2. The zero-order valence-corrected chi connectivity index (χ0v) is 13.5. The third-order valence-electron chi connectivity index (χ3n) is 2.73. The first-order valence-corrected chi connectivity index (χ1v) is 7.15. The maximum Gasteiger partial charge on any atom is 0.407 e. The van der Waals surface area contributed by atoms with Crippen LogP contribution in [-0.2, 0) is 16.1 Å². The van der Waals surface area contributed by atoms with Crippen molar-refractivity contribution in [1.29, 1.82) is 0 Å². The van der Waals surface area contributed by atoms with Crippen LogP contribution in [0.2, 0.25) is 0 Å². The summed E-state index contributed by atoms with van der Waals surface area (Å²) in [6.07, 6.45) is -1.62. The molecule has 0 bridgehead atoms. The molecule has 0 heterocycles. The number of hydrogen-bond donors (Lipinski definition) is 3. The van der Waals surface area contributed by atoms with Crippen LogP contribution in [0.15, 0.2) is 30.3 Å². The number of carbonyl (C=O) groups is 1. The van der Waals surface area contributed by atoms with Crippen LogP contribution >= 0.6 is 0 Å². The Morgan fingerprint density at radius 2 is 1.77 bits per heavy atom. The second-order valence-electron chi connectivity index (χ2n) is 6.26. The van der Waals surface area contributed by atoms with Gasteiger partial charge in [0, 0.05) is 0 Å². The van der Waals surface area contributed by atoms with E-state index in [1.165, 1.54) is 6.92 Å². The largest absolute Gasteiger partial charge is 0.444 e. The van der Waals surface area contributed by atoms with Gasteiger partial charge in [0.15, 0.2) is 5.79 Å². The predicted octanol–water partition coefficient (Wildman–Crippen LogP) is 1.80. The fourth-order valence-corrected chi connectivity index (χ4v) is 1.67. The Labute approximate surface area is 131 Å². The first kappa shape index (κ1) is 18.4. The second-order valence-corrected chi connectivity index (χ2v) is 6.26. The molecule has 0 saturated carbocycles. The van der Waals surface area contributed by atoms with Gasteiger partial charge >= 0.3 is 6.09 Å². The Hall–Kier alpha value is -1.63. The van der Waals surface area contributed by atoms with Gasteiger partial charge in [-0.3, -0.25) is 0 Å². The van der Waals surface area contributed by atoms with Crippen molar-refractivity contribution in [3.8, 4) is 0 Å². The minimum Gasteiger partial charge on any atom is -0.444 e. The predicted molar refractivity (Wildman–Crippen MR) is 82.1 cm³/mol. The third-order valence-corrected chi connectivity index (χ3v) is 2.73. The molecule has 1 aromatic rings. The first-order chi connectivity index (χ1) is 10.1. The lowest BCUT2D eigenvalue weighted by molar-refractivity contribution is -0.227. The zero-order chi connectivity index (χ0) is 16.8. The average Bonchev–Trinajstić information content (AvgIpc) is 2.36. The van der Waals surface area contributed by atoms with Crippen molar-refractivity contribution in [1.82, 2.24) is 5.32 Å². The highest BCUT2D eigenvalue weighted by molar-refractivity contribution is 5.67. The summed E-state index contributed by atoms with van der Waals surface area (Å²) in [5, 5.41) is 22.0. The van der Waals surface area contributed by atoms with Crippen LogP contribution < -0.4 is 5.32 Å². The number of amides is 1. The second kappa shape index (κ2) is 7.58. The van der Waals surface area contributed by atoms with E-state index in [4.69, 9.17) is 9.47 Å². The van der Waals surface area contributed by atoms with Gasteiger partial charge in [-0.1, -0.05) is 30.3 Å². The van der Waals surface area contributed by atoms with E-state index in [0.29, 0.717) is 0 Å². The van der Waals surface area contributed by atoms with Crippen molar-refractivity contribution < 1.29 is 24.5 Å². The van der Waals surface area contributed by atoms with Gasteiger partial charge in [0.25, 0.3) is 0 Å². The molecule has 22 heavy (non-hydrogen) atoms. The van der Waals surface area contributed by atoms with E-state index in [1.807, 2.05) is 30.3 Å². The highest BCUT2D eigenvalue weighted by Crippen LogP contribution is 2.13. The van der Waals surface area contributed by atoms with Crippen molar-refractivity contribution in [2.45, 2.75) is 51.8 Å². The van der Waals surface area contributed by atoms with Gasteiger partial charge in [-0.15, -0.1) is 0 Å². The van der Waals surface area contributed by atoms with Gasteiger partial charge in [0.1, 0.15) is 11.7 Å². The molecule has 0 aliphatic rings. The maximum atomic E-state index is 11.6. The molecule has 1 unspecified atom stereocenters. The molecule has 0 saturated heterocycles. The molecule has 6 nitrogen and oxygen atoms in total. The van der Waals surface area contributed by atoms with Crippen LogP contribution in [0.25, 0.3) is 0 Å². The summed E-state index contributed by atoms with van der Waals surface area (Å²) < 4.78 is 10.6. The molecule has 1 aromatic carbocycles. The number of alkyl carbamates (subject to hydrolysis) is 1. The molecule has 0 aliphatic heterocycles. The first-order valence-electron chi connectivity index (χ1n) is 7.15. The molecule has 1 atom stereocenters. The maximum absolute atomic E-state index is 11.6. The number of benzene rings is 1. The Kier molecular flexibility index (Phi) is 6.34. The average molecular weight is 311 g/mol. The summed E-state index contributed by atoms with van der Waals surface area (Å²) in [6.45, 7) is 6.58. The van der Waals surface area contributed by atoms with Gasteiger partial charge in [-0.2, -0.15) is 0 Å². The van der Waals surface area contributed by atoms with Crippen LogP contribution in [0.4, 0.5) is 4.79 Å². The van der Waals surface area contributed by atoms with E-state index < -0.39 is 23.6 Å². The van der Waals surface area contributed by atoms with Crippen LogP contribution in [0.3, 0.4) is 0 Å².